The fourth-order valence-electron chi connectivity index (χ4n) is 2.63. The van der Waals surface area contributed by atoms with Gasteiger partial charge in [0.25, 0.3) is 0 Å². The van der Waals surface area contributed by atoms with E-state index in [1.807, 2.05) is 6.20 Å². The highest BCUT2D eigenvalue weighted by atomic mass is 15.2. The third-order valence-corrected chi connectivity index (χ3v) is 4.36. The minimum Gasteiger partial charge on any atom is -0.357 e. The van der Waals surface area contributed by atoms with Crippen LogP contribution in [0.1, 0.15) is 25.0 Å². The van der Waals surface area contributed by atoms with Crippen molar-refractivity contribution in [3.05, 3.63) is 59.8 Å². The molecule has 1 aromatic carbocycles. The number of aromatic nitrogens is 1. The zero-order chi connectivity index (χ0) is 17.4. The first-order chi connectivity index (χ1) is 11.6. The first kappa shape index (κ1) is 18.4. The Hall–Kier alpha value is -1.91. The van der Waals surface area contributed by atoms with Gasteiger partial charge in [-0.25, -0.2) is 4.98 Å². The van der Waals surface area contributed by atoms with Gasteiger partial charge in [-0.2, -0.15) is 0 Å². The Morgan fingerprint density at radius 2 is 1.75 bits per heavy atom. The van der Waals surface area contributed by atoms with Crippen LogP contribution in [0.15, 0.2) is 48.7 Å². The van der Waals surface area contributed by atoms with Crippen LogP contribution in [0.25, 0.3) is 0 Å². The summed E-state index contributed by atoms with van der Waals surface area (Å²) in [7, 11) is 2.08. The number of hydrogen-bond acceptors (Lipinski definition) is 4. The van der Waals surface area contributed by atoms with Gasteiger partial charge in [-0.3, -0.25) is 4.90 Å². The Bertz CT molecular complexity index is 580. The van der Waals surface area contributed by atoms with Crippen LogP contribution < -0.4 is 10.6 Å². The molecular formula is C20H30N4. The van der Waals surface area contributed by atoms with Crippen molar-refractivity contribution in [3.63, 3.8) is 0 Å². The molecule has 24 heavy (non-hydrogen) atoms. The van der Waals surface area contributed by atoms with Crippen molar-refractivity contribution >= 4 is 5.82 Å². The average molecular weight is 326 g/mol. The summed E-state index contributed by atoms with van der Waals surface area (Å²) in [6, 6.07) is 15.3. The molecule has 2 N–H and O–H groups in total. The second-order valence-electron chi connectivity index (χ2n) is 6.53. The second kappa shape index (κ2) is 9.40. The van der Waals surface area contributed by atoms with Crippen LogP contribution in [0, 0.1) is 0 Å². The molecule has 0 saturated carbocycles. The van der Waals surface area contributed by atoms with Gasteiger partial charge in [0.2, 0.25) is 0 Å². The van der Waals surface area contributed by atoms with Gasteiger partial charge in [-0.1, -0.05) is 36.4 Å². The number of nitrogens with two attached hydrogens (primary N) is 1. The number of benzene rings is 1. The van der Waals surface area contributed by atoms with Crippen molar-refractivity contribution in [1.29, 1.82) is 0 Å². The minimum atomic E-state index is 0.447. The van der Waals surface area contributed by atoms with E-state index in [4.69, 9.17) is 5.73 Å². The van der Waals surface area contributed by atoms with Crippen LogP contribution in [-0.2, 0) is 13.0 Å². The van der Waals surface area contributed by atoms with Crippen LogP contribution in [0.4, 0.5) is 5.82 Å². The fourth-order valence-corrected chi connectivity index (χ4v) is 2.63. The van der Waals surface area contributed by atoms with Crippen LogP contribution in [0.5, 0.6) is 0 Å². The summed E-state index contributed by atoms with van der Waals surface area (Å²) < 4.78 is 0. The third-order valence-electron chi connectivity index (χ3n) is 4.36. The molecule has 2 rings (SSSR count). The van der Waals surface area contributed by atoms with E-state index < -0.39 is 0 Å². The van der Waals surface area contributed by atoms with Crippen LogP contribution in [0.3, 0.4) is 0 Å². The lowest BCUT2D eigenvalue weighted by atomic mass is 10.1. The molecule has 130 valence electrons. The molecule has 0 amide bonds. The molecule has 0 atom stereocenters. The van der Waals surface area contributed by atoms with E-state index in [0.717, 1.165) is 31.9 Å². The lowest BCUT2D eigenvalue weighted by Gasteiger charge is -2.24. The predicted molar refractivity (Wildman–Crippen MR) is 102 cm³/mol. The normalized spacial score (nSPS) is 11.2. The summed E-state index contributed by atoms with van der Waals surface area (Å²) in [5, 5.41) is 0. The van der Waals surface area contributed by atoms with Gasteiger partial charge < -0.3 is 10.6 Å². The van der Waals surface area contributed by atoms with Crippen molar-refractivity contribution in [2.75, 3.05) is 31.6 Å². The molecule has 4 heteroatoms. The molecule has 0 aliphatic carbocycles. The Labute approximate surface area is 146 Å². The summed E-state index contributed by atoms with van der Waals surface area (Å²) >= 11 is 0. The Balaban J connectivity index is 1.94. The molecule has 4 nitrogen and oxygen atoms in total. The zero-order valence-electron chi connectivity index (χ0n) is 15.2. The maximum Gasteiger partial charge on any atom is 0.128 e. The molecule has 0 fully saturated rings. The Morgan fingerprint density at radius 3 is 2.33 bits per heavy atom. The first-order valence-corrected chi connectivity index (χ1v) is 8.74. The van der Waals surface area contributed by atoms with Crippen molar-refractivity contribution in [1.82, 2.24) is 9.88 Å². The lowest BCUT2D eigenvalue weighted by Crippen LogP contribution is -2.31. The Morgan fingerprint density at radius 1 is 1.00 bits per heavy atom. The smallest absolute Gasteiger partial charge is 0.128 e. The molecule has 0 aliphatic rings. The highest BCUT2D eigenvalue weighted by Gasteiger charge is 2.09. The van der Waals surface area contributed by atoms with Crippen molar-refractivity contribution in [2.45, 2.75) is 32.9 Å². The zero-order valence-corrected chi connectivity index (χ0v) is 15.2. The van der Waals surface area contributed by atoms with Crippen LogP contribution in [-0.4, -0.2) is 42.6 Å². The summed E-state index contributed by atoms with van der Waals surface area (Å²) in [5.74, 6) is 1.02. The van der Waals surface area contributed by atoms with Gasteiger partial charge in [0.05, 0.1) is 0 Å². The van der Waals surface area contributed by atoms with Crippen molar-refractivity contribution in [2.24, 2.45) is 5.73 Å². The maximum atomic E-state index is 5.79. The highest BCUT2D eigenvalue weighted by Crippen LogP contribution is 2.13. The summed E-state index contributed by atoms with van der Waals surface area (Å²) in [4.78, 5) is 9.18. The molecule has 1 heterocycles. The van der Waals surface area contributed by atoms with Gasteiger partial charge >= 0.3 is 0 Å². The van der Waals surface area contributed by atoms with Crippen LogP contribution in [0.2, 0.25) is 0 Å². The van der Waals surface area contributed by atoms with E-state index in [2.05, 4.69) is 78.1 Å². The third kappa shape index (κ3) is 5.62. The lowest BCUT2D eigenvalue weighted by molar-refractivity contribution is 0.276. The SMILES string of the molecule is CC(C)N(C)c1ccc(CN(CCN)CCc2ccccc2)cn1. The number of pyridine rings is 1. The predicted octanol–water partition coefficient (Wildman–Crippen LogP) is 2.93. The van der Waals surface area contributed by atoms with Crippen molar-refractivity contribution < 1.29 is 0 Å². The molecule has 1 aromatic heterocycles. The number of rotatable bonds is 9. The monoisotopic (exact) mass is 326 g/mol. The average Bonchev–Trinajstić information content (AvgIpc) is 2.60. The highest BCUT2D eigenvalue weighted by molar-refractivity contribution is 5.39. The summed E-state index contributed by atoms with van der Waals surface area (Å²) in [6.45, 7) is 7.82. The summed E-state index contributed by atoms with van der Waals surface area (Å²) in [6.07, 6.45) is 3.03. The quantitative estimate of drug-likeness (QED) is 0.769. The minimum absolute atomic E-state index is 0.447. The standard InChI is InChI=1S/C20H30N4/c1-17(2)23(3)20-10-9-19(15-22-20)16-24(14-12-21)13-11-18-7-5-4-6-8-18/h4-10,15,17H,11-14,16,21H2,1-3H3. The molecule has 2 aromatic rings. The van der Waals surface area contributed by atoms with Gasteiger partial charge in [-0.05, 0) is 37.5 Å². The molecule has 0 unspecified atom stereocenters. The van der Waals surface area contributed by atoms with E-state index in [1.54, 1.807) is 0 Å². The summed E-state index contributed by atoms with van der Waals surface area (Å²) in [5.41, 5.74) is 8.39. The van der Waals surface area contributed by atoms with E-state index >= 15 is 0 Å². The number of hydrogen-bond donors (Lipinski definition) is 1. The molecule has 0 aliphatic heterocycles. The van der Waals surface area contributed by atoms with E-state index in [1.165, 1.54) is 11.1 Å². The molecular weight excluding hydrogens is 296 g/mol. The van der Waals surface area contributed by atoms with Crippen LogP contribution >= 0.6 is 0 Å². The van der Waals surface area contributed by atoms with E-state index in [0.29, 0.717) is 12.6 Å². The van der Waals surface area contributed by atoms with Gasteiger partial charge in [0, 0.05) is 45.5 Å². The second-order valence-corrected chi connectivity index (χ2v) is 6.53. The number of nitrogens with zero attached hydrogens (tertiary/aromatic N) is 3. The first-order valence-electron chi connectivity index (χ1n) is 8.74. The number of anilines is 1. The molecule has 0 bridgehead atoms. The largest absolute Gasteiger partial charge is 0.357 e. The molecule has 0 saturated heterocycles. The van der Waals surface area contributed by atoms with Gasteiger partial charge in [0.1, 0.15) is 5.82 Å². The van der Waals surface area contributed by atoms with Gasteiger partial charge in [0.15, 0.2) is 0 Å². The maximum absolute atomic E-state index is 5.79. The van der Waals surface area contributed by atoms with Crippen molar-refractivity contribution in [3.8, 4) is 0 Å². The fraction of sp³-hybridized carbons (Fsp3) is 0.450. The van der Waals surface area contributed by atoms with E-state index in [-0.39, 0.29) is 0 Å². The molecule has 0 spiro atoms. The van der Waals surface area contributed by atoms with Gasteiger partial charge in [-0.15, -0.1) is 0 Å². The topological polar surface area (TPSA) is 45.4 Å². The van der Waals surface area contributed by atoms with E-state index in [9.17, 15) is 0 Å². The molecule has 0 radical (unpaired) electrons. The Kier molecular flexibility index (Phi) is 7.22.